The Morgan fingerprint density at radius 1 is 1.45 bits per heavy atom. The van der Waals surface area contributed by atoms with Crippen LogP contribution in [0.3, 0.4) is 0 Å². The average Bonchev–Trinajstić information content (AvgIpc) is 2.91. The van der Waals surface area contributed by atoms with Gasteiger partial charge in [0, 0.05) is 11.4 Å². The fourth-order valence-corrected chi connectivity index (χ4v) is 2.07. The minimum Gasteiger partial charge on any atom is -0.497 e. The van der Waals surface area contributed by atoms with E-state index in [0.29, 0.717) is 5.75 Å². The molecule has 1 heterocycles. The molecule has 2 N–H and O–H groups in total. The Hall–Kier alpha value is -2.48. The molecule has 2 aromatic rings. The van der Waals surface area contributed by atoms with Gasteiger partial charge in [-0.05, 0) is 12.1 Å². The second-order valence-corrected chi connectivity index (χ2v) is 4.50. The summed E-state index contributed by atoms with van der Waals surface area (Å²) < 4.78 is 18.5. The third-order valence-electron chi connectivity index (χ3n) is 2.34. The topological polar surface area (TPSA) is 88.5 Å². The largest absolute Gasteiger partial charge is 0.497 e. The van der Waals surface area contributed by atoms with Crippen LogP contribution >= 0.6 is 11.3 Å². The van der Waals surface area contributed by atoms with Crippen LogP contribution in [0.2, 0.25) is 0 Å². The lowest BCUT2D eigenvalue weighted by Gasteiger charge is -2.06. The van der Waals surface area contributed by atoms with E-state index in [1.807, 2.05) is 0 Å². The van der Waals surface area contributed by atoms with Crippen molar-refractivity contribution in [1.29, 1.82) is 0 Å². The van der Waals surface area contributed by atoms with E-state index in [4.69, 9.17) is 9.84 Å². The van der Waals surface area contributed by atoms with Gasteiger partial charge >= 0.3 is 5.97 Å². The number of amides is 1. The molecule has 6 nitrogen and oxygen atoms in total. The first-order valence-electron chi connectivity index (χ1n) is 5.35. The Labute approximate surface area is 116 Å². The van der Waals surface area contributed by atoms with Crippen molar-refractivity contribution >= 4 is 28.9 Å². The van der Waals surface area contributed by atoms with E-state index in [0.717, 1.165) is 17.4 Å². The molecular formula is C12H9FN2O4S. The molecule has 0 aliphatic rings. The van der Waals surface area contributed by atoms with E-state index >= 15 is 0 Å². The summed E-state index contributed by atoms with van der Waals surface area (Å²) >= 11 is 0.863. The van der Waals surface area contributed by atoms with Gasteiger partial charge in [0.2, 0.25) is 0 Å². The SMILES string of the molecule is COc1ccc(F)c(NC(=O)c2nc(C(=O)O)cs2)c1. The number of hydrogen-bond donors (Lipinski definition) is 2. The van der Waals surface area contributed by atoms with Crippen LogP contribution in [-0.4, -0.2) is 29.1 Å². The fraction of sp³-hybridized carbons (Fsp3) is 0.0833. The van der Waals surface area contributed by atoms with Gasteiger partial charge in [0.25, 0.3) is 5.91 Å². The number of hydrogen-bond acceptors (Lipinski definition) is 5. The molecule has 0 atom stereocenters. The summed E-state index contributed by atoms with van der Waals surface area (Å²) in [5.74, 6) is -2.16. The van der Waals surface area contributed by atoms with Crippen molar-refractivity contribution in [2.24, 2.45) is 0 Å². The zero-order valence-corrected chi connectivity index (χ0v) is 11.0. The summed E-state index contributed by atoms with van der Waals surface area (Å²) in [4.78, 5) is 26.1. The summed E-state index contributed by atoms with van der Waals surface area (Å²) in [5, 5.41) is 12.2. The van der Waals surface area contributed by atoms with Crippen LogP contribution in [-0.2, 0) is 0 Å². The second kappa shape index (κ2) is 5.66. The smallest absolute Gasteiger partial charge is 0.355 e. The van der Waals surface area contributed by atoms with Crippen LogP contribution in [0, 0.1) is 5.82 Å². The van der Waals surface area contributed by atoms with E-state index in [-0.39, 0.29) is 16.4 Å². The summed E-state index contributed by atoms with van der Waals surface area (Å²) in [6.45, 7) is 0. The molecule has 0 spiro atoms. The number of carboxylic acid groups (broad SMARTS) is 1. The van der Waals surface area contributed by atoms with Gasteiger partial charge in [-0.25, -0.2) is 14.2 Å². The molecular weight excluding hydrogens is 287 g/mol. The van der Waals surface area contributed by atoms with Crippen molar-refractivity contribution in [2.75, 3.05) is 12.4 Å². The van der Waals surface area contributed by atoms with Gasteiger partial charge in [-0.2, -0.15) is 0 Å². The first kappa shape index (κ1) is 13.9. The van der Waals surface area contributed by atoms with Gasteiger partial charge in [-0.3, -0.25) is 4.79 Å². The second-order valence-electron chi connectivity index (χ2n) is 3.64. The predicted octanol–water partition coefficient (Wildman–Crippen LogP) is 2.24. The van der Waals surface area contributed by atoms with Crippen LogP contribution in [0.5, 0.6) is 5.75 Å². The highest BCUT2D eigenvalue weighted by Gasteiger charge is 2.16. The summed E-state index contributed by atoms with van der Waals surface area (Å²) in [6.07, 6.45) is 0. The lowest BCUT2D eigenvalue weighted by atomic mass is 10.3. The summed E-state index contributed by atoms with van der Waals surface area (Å²) in [7, 11) is 1.42. The number of ether oxygens (including phenoxy) is 1. The van der Waals surface area contributed by atoms with Crippen molar-refractivity contribution in [3.8, 4) is 5.75 Å². The minimum absolute atomic E-state index is 0.0652. The molecule has 0 unspecified atom stereocenters. The van der Waals surface area contributed by atoms with Crippen LogP contribution in [0.4, 0.5) is 10.1 Å². The molecule has 1 aromatic carbocycles. The van der Waals surface area contributed by atoms with E-state index in [9.17, 15) is 14.0 Å². The molecule has 20 heavy (non-hydrogen) atoms. The number of halogens is 1. The third-order valence-corrected chi connectivity index (χ3v) is 3.18. The molecule has 1 amide bonds. The third kappa shape index (κ3) is 2.91. The maximum absolute atomic E-state index is 13.5. The highest BCUT2D eigenvalue weighted by atomic mass is 32.1. The van der Waals surface area contributed by atoms with Gasteiger partial charge < -0.3 is 15.2 Å². The van der Waals surface area contributed by atoms with Crippen LogP contribution < -0.4 is 10.1 Å². The number of nitrogens with zero attached hydrogens (tertiary/aromatic N) is 1. The van der Waals surface area contributed by atoms with Crippen LogP contribution in [0.15, 0.2) is 23.6 Å². The molecule has 104 valence electrons. The Balaban J connectivity index is 2.20. The van der Waals surface area contributed by atoms with Crippen molar-refractivity contribution in [2.45, 2.75) is 0 Å². The van der Waals surface area contributed by atoms with Gasteiger partial charge in [-0.15, -0.1) is 11.3 Å². The summed E-state index contributed by atoms with van der Waals surface area (Å²) in [6, 6.07) is 3.88. The molecule has 0 aliphatic carbocycles. The lowest BCUT2D eigenvalue weighted by Crippen LogP contribution is -2.13. The molecule has 8 heteroatoms. The number of rotatable bonds is 4. The number of carbonyl (C=O) groups excluding carboxylic acids is 1. The van der Waals surface area contributed by atoms with E-state index < -0.39 is 17.7 Å². The highest BCUT2D eigenvalue weighted by Crippen LogP contribution is 2.22. The van der Waals surface area contributed by atoms with Crippen LogP contribution in [0.1, 0.15) is 20.3 Å². The van der Waals surface area contributed by atoms with E-state index in [1.54, 1.807) is 0 Å². The lowest BCUT2D eigenvalue weighted by molar-refractivity contribution is 0.0691. The number of carbonyl (C=O) groups is 2. The van der Waals surface area contributed by atoms with Crippen molar-refractivity contribution in [3.05, 3.63) is 40.1 Å². The molecule has 2 rings (SSSR count). The number of benzene rings is 1. The van der Waals surface area contributed by atoms with Gasteiger partial charge in [0.1, 0.15) is 11.6 Å². The van der Waals surface area contributed by atoms with E-state index in [1.165, 1.54) is 24.6 Å². The van der Waals surface area contributed by atoms with E-state index in [2.05, 4.69) is 10.3 Å². The zero-order chi connectivity index (χ0) is 14.7. The number of aromatic carboxylic acids is 1. The molecule has 0 saturated carbocycles. The highest BCUT2D eigenvalue weighted by molar-refractivity contribution is 7.12. The van der Waals surface area contributed by atoms with Gasteiger partial charge in [0.05, 0.1) is 12.8 Å². The molecule has 1 aromatic heterocycles. The number of thiazole rings is 1. The monoisotopic (exact) mass is 296 g/mol. The zero-order valence-electron chi connectivity index (χ0n) is 10.2. The van der Waals surface area contributed by atoms with Crippen molar-refractivity contribution in [1.82, 2.24) is 4.98 Å². The van der Waals surface area contributed by atoms with Gasteiger partial charge in [-0.1, -0.05) is 0 Å². The average molecular weight is 296 g/mol. The van der Waals surface area contributed by atoms with Crippen molar-refractivity contribution < 1.29 is 23.8 Å². The first-order valence-corrected chi connectivity index (χ1v) is 6.23. The number of carboxylic acids is 1. The summed E-state index contributed by atoms with van der Waals surface area (Å²) in [5.41, 5.74) is -0.298. The fourth-order valence-electron chi connectivity index (χ4n) is 1.38. The standard InChI is InChI=1S/C12H9FN2O4S/c1-19-6-2-3-7(13)8(4-6)14-10(16)11-15-9(5-20-11)12(17)18/h2-5H,1H3,(H,14,16)(H,17,18). The quantitative estimate of drug-likeness (QED) is 0.903. The predicted molar refractivity (Wildman–Crippen MR) is 70.0 cm³/mol. The Morgan fingerprint density at radius 2 is 2.20 bits per heavy atom. The maximum Gasteiger partial charge on any atom is 0.355 e. The number of nitrogens with one attached hydrogen (secondary N) is 1. The Morgan fingerprint density at radius 3 is 2.80 bits per heavy atom. The minimum atomic E-state index is -1.23. The number of aromatic nitrogens is 1. The van der Waals surface area contributed by atoms with Crippen molar-refractivity contribution in [3.63, 3.8) is 0 Å². The molecule has 0 radical (unpaired) electrons. The number of methoxy groups -OCH3 is 1. The molecule has 0 fully saturated rings. The Bertz CT molecular complexity index is 671. The Kier molecular flexibility index (Phi) is 3.94. The molecule has 0 saturated heterocycles. The maximum atomic E-state index is 13.5. The molecule has 0 bridgehead atoms. The van der Waals surface area contributed by atoms with Crippen LogP contribution in [0.25, 0.3) is 0 Å². The normalized spacial score (nSPS) is 10.1. The number of anilines is 1. The molecule has 0 aliphatic heterocycles. The van der Waals surface area contributed by atoms with Gasteiger partial charge in [0.15, 0.2) is 10.7 Å². The first-order chi connectivity index (χ1) is 9.51.